The van der Waals surface area contributed by atoms with Gasteiger partial charge in [0.2, 0.25) is 0 Å². The minimum absolute atomic E-state index is 0.319. The first kappa shape index (κ1) is 20.1. The second-order valence-electron chi connectivity index (χ2n) is 5.63. The van der Waals surface area contributed by atoms with Gasteiger partial charge in [0.1, 0.15) is 0 Å². The van der Waals surface area contributed by atoms with Crippen molar-refractivity contribution < 1.29 is 23.9 Å². The minimum Gasteiger partial charge on any atom is -0.454 e. The maximum Gasteiger partial charge on any atom is 0.333 e. The number of amides is 2. The first-order valence-corrected chi connectivity index (χ1v) is 8.45. The third-order valence-corrected chi connectivity index (χ3v) is 3.65. The highest BCUT2D eigenvalue weighted by atomic mass is 16.5. The molecule has 0 spiro atoms. The van der Waals surface area contributed by atoms with E-state index in [0.717, 1.165) is 0 Å². The number of hydrogen-bond donors (Lipinski definition) is 2. The zero-order valence-corrected chi connectivity index (χ0v) is 15.0. The van der Waals surface area contributed by atoms with E-state index in [9.17, 15) is 14.4 Å². The van der Waals surface area contributed by atoms with Gasteiger partial charge in [0, 0.05) is 19.2 Å². The Morgan fingerprint density at radius 3 is 2.22 bits per heavy atom. The fourth-order valence-electron chi connectivity index (χ4n) is 2.29. The molecule has 0 saturated carbocycles. The van der Waals surface area contributed by atoms with Crippen LogP contribution in [0.4, 0.5) is 0 Å². The Bertz CT molecular complexity index is 749. The quantitative estimate of drug-likeness (QED) is 0.515. The lowest BCUT2D eigenvalue weighted by Crippen LogP contribution is -2.37. The van der Waals surface area contributed by atoms with Gasteiger partial charge in [-0.3, -0.25) is 9.59 Å². The summed E-state index contributed by atoms with van der Waals surface area (Å²) < 4.78 is 9.91. The van der Waals surface area contributed by atoms with Gasteiger partial charge in [-0.2, -0.15) is 0 Å². The molecule has 0 saturated heterocycles. The van der Waals surface area contributed by atoms with E-state index in [1.807, 2.05) is 0 Å². The Kier molecular flexibility index (Phi) is 7.99. The van der Waals surface area contributed by atoms with Crippen molar-refractivity contribution in [3.8, 4) is 0 Å². The second-order valence-corrected chi connectivity index (χ2v) is 5.63. The molecule has 0 aliphatic rings. The van der Waals surface area contributed by atoms with Crippen molar-refractivity contribution in [3.05, 3.63) is 71.8 Å². The molecule has 2 N–H and O–H groups in total. The first-order chi connectivity index (χ1) is 13.1. The van der Waals surface area contributed by atoms with Gasteiger partial charge in [0.25, 0.3) is 11.8 Å². The molecule has 27 heavy (non-hydrogen) atoms. The lowest BCUT2D eigenvalue weighted by molar-refractivity contribution is -0.150. The molecule has 0 heterocycles. The van der Waals surface area contributed by atoms with E-state index in [0.29, 0.717) is 24.3 Å². The number of benzene rings is 2. The summed E-state index contributed by atoms with van der Waals surface area (Å²) in [6.45, 7) is 0.242. The van der Waals surface area contributed by atoms with Gasteiger partial charge in [0.15, 0.2) is 12.6 Å². The van der Waals surface area contributed by atoms with E-state index in [-0.39, 0.29) is 0 Å². The van der Waals surface area contributed by atoms with Crippen LogP contribution in [0.5, 0.6) is 0 Å². The second kappa shape index (κ2) is 10.7. The highest BCUT2D eigenvalue weighted by molar-refractivity contribution is 5.97. The Morgan fingerprint density at radius 1 is 0.963 bits per heavy atom. The van der Waals surface area contributed by atoms with Gasteiger partial charge in [-0.05, 0) is 17.7 Å². The summed E-state index contributed by atoms with van der Waals surface area (Å²) in [7, 11) is 1.52. The zero-order chi connectivity index (χ0) is 19.5. The molecule has 0 fully saturated rings. The maximum atomic E-state index is 12.5. The largest absolute Gasteiger partial charge is 0.454 e. The number of methoxy groups -OCH3 is 1. The molecule has 0 bridgehead atoms. The SMILES string of the molecule is COCCNC(=O)COC(=O)C(NC(=O)c1ccccc1)c1ccccc1. The van der Waals surface area contributed by atoms with Gasteiger partial charge >= 0.3 is 5.97 Å². The zero-order valence-electron chi connectivity index (χ0n) is 15.0. The third-order valence-electron chi connectivity index (χ3n) is 3.65. The topological polar surface area (TPSA) is 93.7 Å². The van der Waals surface area contributed by atoms with Crippen LogP contribution in [-0.2, 0) is 19.1 Å². The van der Waals surface area contributed by atoms with Crippen LogP contribution in [0, 0.1) is 0 Å². The van der Waals surface area contributed by atoms with Crippen LogP contribution in [0.15, 0.2) is 60.7 Å². The van der Waals surface area contributed by atoms with Crippen molar-refractivity contribution in [2.75, 3.05) is 26.9 Å². The standard InChI is InChI=1S/C20H22N2O5/c1-26-13-12-21-17(23)14-27-20(25)18(15-8-4-2-5-9-15)22-19(24)16-10-6-3-7-11-16/h2-11,18H,12-14H2,1H3,(H,21,23)(H,22,24). The average Bonchev–Trinajstić information content (AvgIpc) is 2.71. The van der Waals surface area contributed by atoms with E-state index >= 15 is 0 Å². The van der Waals surface area contributed by atoms with Crippen LogP contribution in [0.3, 0.4) is 0 Å². The van der Waals surface area contributed by atoms with Gasteiger partial charge < -0.3 is 20.1 Å². The van der Waals surface area contributed by atoms with E-state index in [1.165, 1.54) is 7.11 Å². The fraction of sp³-hybridized carbons (Fsp3) is 0.250. The number of ether oxygens (including phenoxy) is 2. The molecule has 0 aliphatic carbocycles. The van der Waals surface area contributed by atoms with Crippen molar-refractivity contribution in [3.63, 3.8) is 0 Å². The fourth-order valence-corrected chi connectivity index (χ4v) is 2.29. The molecule has 2 aromatic rings. The minimum atomic E-state index is -1.02. The van der Waals surface area contributed by atoms with Crippen LogP contribution < -0.4 is 10.6 Å². The normalized spacial score (nSPS) is 11.3. The third kappa shape index (κ3) is 6.56. The summed E-state index contributed by atoms with van der Waals surface area (Å²) in [5, 5.41) is 5.22. The monoisotopic (exact) mass is 370 g/mol. The van der Waals surface area contributed by atoms with Gasteiger partial charge in [-0.25, -0.2) is 4.79 Å². The summed E-state index contributed by atoms with van der Waals surface area (Å²) in [6.07, 6.45) is 0. The number of carbonyl (C=O) groups is 3. The molecule has 1 atom stereocenters. The lowest BCUT2D eigenvalue weighted by Gasteiger charge is -2.18. The molecule has 142 valence electrons. The predicted octanol–water partition coefficient (Wildman–Crippen LogP) is 1.46. The smallest absolute Gasteiger partial charge is 0.333 e. The maximum absolute atomic E-state index is 12.5. The number of carbonyl (C=O) groups excluding carboxylic acids is 3. The van der Waals surface area contributed by atoms with Crippen molar-refractivity contribution >= 4 is 17.8 Å². The van der Waals surface area contributed by atoms with E-state index in [1.54, 1.807) is 60.7 Å². The summed E-state index contributed by atoms with van der Waals surface area (Å²) >= 11 is 0. The predicted molar refractivity (Wildman–Crippen MR) is 98.9 cm³/mol. The molecule has 7 heteroatoms. The molecule has 0 radical (unpaired) electrons. The molecular formula is C20H22N2O5. The summed E-state index contributed by atoms with van der Waals surface area (Å²) in [5.41, 5.74) is 0.982. The van der Waals surface area contributed by atoms with Crippen LogP contribution in [0.1, 0.15) is 22.0 Å². The summed E-state index contributed by atoms with van der Waals surface area (Å²) in [4.78, 5) is 36.6. The number of rotatable bonds is 9. The van der Waals surface area contributed by atoms with Crippen molar-refractivity contribution in [1.29, 1.82) is 0 Å². The van der Waals surface area contributed by atoms with Gasteiger partial charge in [0.05, 0.1) is 6.61 Å². The molecule has 2 aromatic carbocycles. The van der Waals surface area contributed by atoms with E-state index in [4.69, 9.17) is 9.47 Å². The van der Waals surface area contributed by atoms with Crippen LogP contribution in [-0.4, -0.2) is 44.7 Å². The van der Waals surface area contributed by atoms with Gasteiger partial charge in [-0.1, -0.05) is 48.5 Å². The highest BCUT2D eigenvalue weighted by Gasteiger charge is 2.25. The Labute approximate surface area is 157 Å². The number of esters is 1. The molecule has 7 nitrogen and oxygen atoms in total. The Hall–Kier alpha value is -3.19. The van der Waals surface area contributed by atoms with Crippen molar-refractivity contribution in [2.24, 2.45) is 0 Å². The molecule has 0 aromatic heterocycles. The van der Waals surface area contributed by atoms with E-state index in [2.05, 4.69) is 10.6 Å². The number of nitrogens with one attached hydrogen (secondary N) is 2. The lowest BCUT2D eigenvalue weighted by atomic mass is 10.1. The van der Waals surface area contributed by atoms with Crippen LogP contribution in [0.2, 0.25) is 0 Å². The Balaban J connectivity index is 2.03. The van der Waals surface area contributed by atoms with Crippen LogP contribution >= 0.6 is 0 Å². The summed E-state index contributed by atoms with van der Waals surface area (Å²) in [6, 6.07) is 16.2. The van der Waals surface area contributed by atoms with Crippen molar-refractivity contribution in [1.82, 2.24) is 10.6 Å². The van der Waals surface area contributed by atoms with E-state index < -0.39 is 30.4 Å². The molecule has 0 aliphatic heterocycles. The molecule has 2 amide bonds. The van der Waals surface area contributed by atoms with Gasteiger partial charge in [-0.15, -0.1) is 0 Å². The molecule has 1 unspecified atom stereocenters. The van der Waals surface area contributed by atoms with Crippen molar-refractivity contribution in [2.45, 2.75) is 6.04 Å². The average molecular weight is 370 g/mol. The molecular weight excluding hydrogens is 348 g/mol. The highest BCUT2D eigenvalue weighted by Crippen LogP contribution is 2.15. The van der Waals surface area contributed by atoms with Crippen LogP contribution in [0.25, 0.3) is 0 Å². The molecule has 2 rings (SSSR count). The summed E-state index contributed by atoms with van der Waals surface area (Å²) in [5.74, 6) is -1.57. The first-order valence-electron chi connectivity index (χ1n) is 8.45. The Morgan fingerprint density at radius 2 is 1.59 bits per heavy atom. The number of hydrogen-bond acceptors (Lipinski definition) is 5.